The van der Waals surface area contributed by atoms with Crippen LogP contribution in [0.5, 0.6) is 0 Å². The number of pyridine rings is 2. The zero-order valence-electron chi connectivity index (χ0n) is 15.0. The average Bonchev–Trinajstić information content (AvgIpc) is 2.89. The fourth-order valence-electron chi connectivity index (χ4n) is 4.28. The molecule has 0 N–H and O–H groups in total. The first-order chi connectivity index (χ1) is 12.1. The van der Waals surface area contributed by atoms with Crippen molar-refractivity contribution in [2.75, 3.05) is 0 Å². The van der Waals surface area contributed by atoms with Crippen molar-refractivity contribution in [2.24, 2.45) is 7.05 Å². The first-order valence-corrected chi connectivity index (χ1v) is 8.65. The van der Waals surface area contributed by atoms with Crippen LogP contribution in [0.3, 0.4) is 0 Å². The molecule has 3 nitrogen and oxygen atoms in total. The van der Waals surface area contributed by atoms with Crippen LogP contribution >= 0.6 is 0 Å². The molecular formula is C22H20N3+. The molecule has 5 rings (SSSR count). The topological polar surface area (TPSA) is 21.9 Å². The van der Waals surface area contributed by atoms with Crippen molar-refractivity contribution in [1.29, 1.82) is 0 Å². The quantitative estimate of drug-likeness (QED) is 0.302. The van der Waals surface area contributed by atoms with Gasteiger partial charge in [-0.05, 0) is 56.2 Å². The summed E-state index contributed by atoms with van der Waals surface area (Å²) in [4.78, 5) is 4.74. The smallest absolute Gasteiger partial charge is 0.255 e. The van der Waals surface area contributed by atoms with Gasteiger partial charge in [-0.3, -0.25) is 4.98 Å². The van der Waals surface area contributed by atoms with Crippen molar-refractivity contribution in [1.82, 2.24) is 9.55 Å². The number of aromatic nitrogens is 3. The van der Waals surface area contributed by atoms with Gasteiger partial charge in [-0.15, -0.1) is 0 Å². The van der Waals surface area contributed by atoms with Gasteiger partial charge < -0.3 is 0 Å². The van der Waals surface area contributed by atoms with Gasteiger partial charge in [0, 0.05) is 17.1 Å². The Morgan fingerprint density at radius 2 is 1.76 bits per heavy atom. The molecule has 25 heavy (non-hydrogen) atoms. The van der Waals surface area contributed by atoms with Crippen LogP contribution in [0.15, 0.2) is 48.7 Å². The van der Waals surface area contributed by atoms with E-state index in [4.69, 9.17) is 4.98 Å². The van der Waals surface area contributed by atoms with Crippen LogP contribution in [0, 0.1) is 20.8 Å². The van der Waals surface area contributed by atoms with Crippen LogP contribution in [-0.4, -0.2) is 9.55 Å². The number of imidazole rings is 1. The average molecular weight is 326 g/mol. The highest BCUT2D eigenvalue weighted by atomic mass is 15.1. The van der Waals surface area contributed by atoms with Crippen molar-refractivity contribution in [3.05, 3.63) is 65.4 Å². The zero-order valence-corrected chi connectivity index (χ0v) is 15.0. The van der Waals surface area contributed by atoms with Crippen LogP contribution in [0.4, 0.5) is 0 Å². The molecule has 3 heterocycles. The summed E-state index contributed by atoms with van der Waals surface area (Å²) in [5.41, 5.74) is 9.90. The van der Waals surface area contributed by atoms with Crippen molar-refractivity contribution in [3.8, 4) is 0 Å². The summed E-state index contributed by atoms with van der Waals surface area (Å²) in [6, 6.07) is 15.2. The van der Waals surface area contributed by atoms with Crippen LogP contribution in [0.1, 0.15) is 16.7 Å². The van der Waals surface area contributed by atoms with Crippen molar-refractivity contribution in [2.45, 2.75) is 20.8 Å². The molecule has 0 bridgehead atoms. The second-order valence-corrected chi connectivity index (χ2v) is 7.04. The molecule has 0 saturated carbocycles. The Kier molecular flexibility index (Phi) is 2.76. The first-order valence-electron chi connectivity index (χ1n) is 8.65. The van der Waals surface area contributed by atoms with Gasteiger partial charge in [-0.25, -0.2) is 4.57 Å². The number of nitrogens with zero attached hydrogens (tertiary/aromatic N) is 3. The highest BCUT2D eigenvalue weighted by Crippen LogP contribution is 2.30. The fourth-order valence-corrected chi connectivity index (χ4v) is 4.28. The molecule has 0 radical (unpaired) electrons. The van der Waals surface area contributed by atoms with E-state index in [-0.39, 0.29) is 0 Å². The van der Waals surface area contributed by atoms with Crippen LogP contribution in [0.2, 0.25) is 0 Å². The number of para-hydroxylation sites is 1. The molecule has 0 aliphatic carbocycles. The van der Waals surface area contributed by atoms with Crippen LogP contribution < -0.4 is 4.40 Å². The molecule has 0 amide bonds. The summed E-state index contributed by atoms with van der Waals surface area (Å²) in [5, 5.41) is 2.43. The molecule has 0 unspecified atom stereocenters. The molecule has 0 aliphatic rings. The Bertz CT molecular complexity index is 1330. The fraction of sp³-hybridized carbons (Fsp3) is 0.182. The van der Waals surface area contributed by atoms with E-state index in [1.165, 1.54) is 49.7 Å². The Hall–Kier alpha value is -2.94. The second kappa shape index (κ2) is 4.79. The molecule has 2 aromatic carbocycles. The Labute approximate surface area is 146 Å². The van der Waals surface area contributed by atoms with Crippen LogP contribution in [0.25, 0.3) is 38.5 Å². The molecule has 0 spiro atoms. The normalized spacial score (nSPS) is 12.0. The van der Waals surface area contributed by atoms with E-state index in [1.807, 2.05) is 6.20 Å². The van der Waals surface area contributed by atoms with Gasteiger partial charge in [0.15, 0.2) is 11.0 Å². The minimum absolute atomic E-state index is 1.08. The predicted octanol–water partition coefficient (Wildman–Crippen LogP) is 4.54. The van der Waals surface area contributed by atoms with E-state index in [9.17, 15) is 0 Å². The molecule has 0 saturated heterocycles. The summed E-state index contributed by atoms with van der Waals surface area (Å²) < 4.78 is 4.73. The lowest BCUT2D eigenvalue weighted by Crippen LogP contribution is -2.23. The maximum Gasteiger partial charge on any atom is 0.297 e. The maximum atomic E-state index is 4.74. The molecule has 5 aromatic rings. The Balaban J connectivity index is 2.28. The third kappa shape index (κ3) is 1.75. The van der Waals surface area contributed by atoms with Crippen molar-refractivity contribution in [3.63, 3.8) is 0 Å². The maximum absolute atomic E-state index is 4.74. The first kappa shape index (κ1) is 14.4. The molecule has 122 valence electrons. The summed E-state index contributed by atoms with van der Waals surface area (Å²) in [7, 11) is 2.16. The minimum atomic E-state index is 1.08. The Morgan fingerprint density at radius 3 is 2.60 bits per heavy atom. The van der Waals surface area contributed by atoms with Gasteiger partial charge in [0.2, 0.25) is 0 Å². The number of rotatable bonds is 0. The number of aryl methyl sites for hydroxylation is 4. The van der Waals surface area contributed by atoms with Crippen molar-refractivity contribution >= 4 is 38.5 Å². The number of benzene rings is 2. The van der Waals surface area contributed by atoms with E-state index in [1.54, 1.807) is 0 Å². The van der Waals surface area contributed by atoms with E-state index < -0.39 is 0 Å². The molecule has 0 atom stereocenters. The summed E-state index contributed by atoms with van der Waals surface area (Å²) in [6.45, 7) is 6.54. The minimum Gasteiger partial charge on any atom is -0.255 e. The largest absolute Gasteiger partial charge is 0.297 e. The van der Waals surface area contributed by atoms with Gasteiger partial charge >= 0.3 is 0 Å². The molecule has 3 heteroatoms. The van der Waals surface area contributed by atoms with E-state index in [0.717, 1.165) is 5.52 Å². The lowest BCUT2D eigenvalue weighted by molar-refractivity contribution is -0.449. The van der Waals surface area contributed by atoms with Gasteiger partial charge in [-0.1, -0.05) is 18.2 Å². The van der Waals surface area contributed by atoms with E-state index in [2.05, 4.69) is 79.3 Å². The number of fused-ring (bicyclic) bond motifs is 8. The SMILES string of the molecule is Cc1cc(C)c2c(c1)n(C)c1c3c(C)ccnc3c3ccccc3[n+]21. The standard InChI is InChI=1S/C22H20N3/c1-13-11-15(3)21-18(12-13)24(4)22-19-14(2)9-10-23-20(19)16-7-5-6-8-17(16)25(21)22/h5-12H,1-4H3/q+1. The van der Waals surface area contributed by atoms with Gasteiger partial charge in [-0.2, -0.15) is 4.40 Å². The lowest BCUT2D eigenvalue weighted by Gasteiger charge is -2.06. The van der Waals surface area contributed by atoms with Crippen LogP contribution in [-0.2, 0) is 7.05 Å². The highest BCUT2D eigenvalue weighted by molar-refractivity contribution is 6.09. The molecule has 0 fully saturated rings. The van der Waals surface area contributed by atoms with Gasteiger partial charge in [0.1, 0.15) is 5.52 Å². The second-order valence-electron chi connectivity index (χ2n) is 7.04. The highest BCUT2D eigenvalue weighted by Gasteiger charge is 2.25. The predicted molar refractivity (Wildman–Crippen MR) is 103 cm³/mol. The van der Waals surface area contributed by atoms with E-state index >= 15 is 0 Å². The summed E-state index contributed by atoms with van der Waals surface area (Å²) >= 11 is 0. The monoisotopic (exact) mass is 326 g/mol. The number of hydrogen-bond donors (Lipinski definition) is 0. The molecule has 3 aromatic heterocycles. The third-order valence-electron chi connectivity index (χ3n) is 5.32. The Morgan fingerprint density at radius 1 is 0.960 bits per heavy atom. The zero-order chi connectivity index (χ0) is 17.3. The van der Waals surface area contributed by atoms with Crippen molar-refractivity contribution < 1.29 is 4.40 Å². The lowest BCUT2D eigenvalue weighted by atomic mass is 10.1. The number of hydrogen-bond acceptors (Lipinski definition) is 1. The van der Waals surface area contributed by atoms with E-state index in [0.29, 0.717) is 0 Å². The summed E-state index contributed by atoms with van der Waals surface area (Å²) in [5.74, 6) is 0. The van der Waals surface area contributed by atoms with Gasteiger partial charge in [0.05, 0.1) is 18.0 Å². The molecular weight excluding hydrogens is 306 g/mol. The van der Waals surface area contributed by atoms with Gasteiger partial charge in [0.25, 0.3) is 5.65 Å². The third-order valence-corrected chi connectivity index (χ3v) is 5.32. The molecule has 0 aliphatic heterocycles. The summed E-state index contributed by atoms with van der Waals surface area (Å²) in [6.07, 6.45) is 1.92.